The molecule has 1 saturated heterocycles. The van der Waals surface area contributed by atoms with Crippen LogP contribution in [0.3, 0.4) is 0 Å². The number of hydrogen-bond donors (Lipinski definition) is 1. The standard InChI is InChI=1S/C14H18Cl2N2O2S/c15-12-2-1-3-13(14(12)16)21(19,20)17-10-6-8-18(9-7-10)11-4-5-11/h1-3,10-11,17H,4-9H2. The first kappa shape index (κ1) is 15.6. The van der Waals surface area contributed by atoms with E-state index in [9.17, 15) is 8.42 Å². The van der Waals surface area contributed by atoms with E-state index in [1.165, 1.54) is 18.9 Å². The molecule has 1 saturated carbocycles. The monoisotopic (exact) mass is 348 g/mol. The molecule has 1 aromatic carbocycles. The molecule has 1 heterocycles. The Morgan fingerprint density at radius 3 is 2.38 bits per heavy atom. The van der Waals surface area contributed by atoms with Crippen LogP contribution in [-0.4, -0.2) is 38.5 Å². The molecule has 0 radical (unpaired) electrons. The molecule has 0 unspecified atom stereocenters. The molecule has 21 heavy (non-hydrogen) atoms. The van der Waals surface area contributed by atoms with E-state index in [0.717, 1.165) is 32.0 Å². The number of sulfonamides is 1. The van der Waals surface area contributed by atoms with Crippen LogP contribution in [0.4, 0.5) is 0 Å². The lowest BCUT2D eigenvalue weighted by Crippen LogP contribution is -2.45. The van der Waals surface area contributed by atoms with Gasteiger partial charge in [0, 0.05) is 12.1 Å². The Hall–Kier alpha value is -0.330. The summed E-state index contributed by atoms with van der Waals surface area (Å²) >= 11 is 11.9. The molecule has 0 spiro atoms. The summed E-state index contributed by atoms with van der Waals surface area (Å²) in [7, 11) is -3.62. The van der Waals surface area contributed by atoms with E-state index in [0.29, 0.717) is 0 Å². The normalized spacial score (nSPS) is 21.6. The Balaban J connectivity index is 1.67. The van der Waals surface area contributed by atoms with Gasteiger partial charge in [-0.05, 0) is 50.9 Å². The van der Waals surface area contributed by atoms with E-state index in [1.54, 1.807) is 12.1 Å². The van der Waals surface area contributed by atoms with E-state index in [-0.39, 0.29) is 21.0 Å². The van der Waals surface area contributed by atoms with Gasteiger partial charge in [0.2, 0.25) is 10.0 Å². The van der Waals surface area contributed by atoms with Crippen molar-refractivity contribution >= 4 is 33.2 Å². The summed E-state index contributed by atoms with van der Waals surface area (Å²) in [6.07, 6.45) is 4.25. The van der Waals surface area contributed by atoms with Crippen molar-refractivity contribution in [3.8, 4) is 0 Å². The third-order valence-corrected chi connectivity index (χ3v) is 6.61. The number of rotatable bonds is 4. The van der Waals surface area contributed by atoms with Gasteiger partial charge in [0.25, 0.3) is 0 Å². The van der Waals surface area contributed by atoms with Crippen LogP contribution in [0.5, 0.6) is 0 Å². The first-order chi connectivity index (χ1) is 9.97. The van der Waals surface area contributed by atoms with Gasteiger partial charge in [-0.2, -0.15) is 0 Å². The summed E-state index contributed by atoms with van der Waals surface area (Å²) in [5, 5.41) is 0.338. The van der Waals surface area contributed by atoms with Crippen LogP contribution < -0.4 is 4.72 Å². The Morgan fingerprint density at radius 1 is 1.10 bits per heavy atom. The summed E-state index contributed by atoms with van der Waals surface area (Å²) in [6.45, 7) is 1.92. The van der Waals surface area contributed by atoms with E-state index in [4.69, 9.17) is 23.2 Å². The molecule has 0 amide bonds. The maximum atomic E-state index is 12.4. The third-order valence-electron chi connectivity index (χ3n) is 4.12. The predicted molar refractivity (Wildman–Crippen MR) is 84.4 cm³/mol. The zero-order valence-corrected chi connectivity index (χ0v) is 13.9. The molecule has 3 rings (SSSR count). The minimum Gasteiger partial charge on any atom is -0.300 e. The van der Waals surface area contributed by atoms with Gasteiger partial charge in [-0.3, -0.25) is 0 Å². The van der Waals surface area contributed by atoms with Crippen molar-refractivity contribution in [2.24, 2.45) is 0 Å². The minimum atomic E-state index is -3.62. The molecule has 1 N–H and O–H groups in total. The van der Waals surface area contributed by atoms with Gasteiger partial charge >= 0.3 is 0 Å². The number of likely N-dealkylation sites (tertiary alicyclic amines) is 1. The molecular weight excluding hydrogens is 331 g/mol. The fourth-order valence-electron chi connectivity index (χ4n) is 2.80. The number of piperidine rings is 1. The van der Waals surface area contributed by atoms with Gasteiger partial charge in [-0.25, -0.2) is 13.1 Å². The highest BCUT2D eigenvalue weighted by Crippen LogP contribution is 2.31. The molecule has 4 nitrogen and oxygen atoms in total. The van der Waals surface area contributed by atoms with Crippen LogP contribution in [0, 0.1) is 0 Å². The van der Waals surface area contributed by atoms with Crippen molar-refractivity contribution in [2.75, 3.05) is 13.1 Å². The zero-order valence-electron chi connectivity index (χ0n) is 11.6. The molecule has 2 fully saturated rings. The molecule has 7 heteroatoms. The second-order valence-corrected chi connectivity index (χ2v) is 8.18. The number of benzene rings is 1. The van der Waals surface area contributed by atoms with Gasteiger partial charge in [-0.15, -0.1) is 0 Å². The average Bonchev–Trinajstić information content (AvgIpc) is 3.26. The van der Waals surface area contributed by atoms with Crippen LogP contribution in [-0.2, 0) is 10.0 Å². The Labute approximate surface area is 135 Å². The number of hydrogen-bond acceptors (Lipinski definition) is 3. The Bertz CT molecular complexity index is 624. The summed E-state index contributed by atoms with van der Waals surface area (Å²) in [4.78, 5) is 2.51. The maximum absolute atomic E-state index is 12.4. The van der Waals surface area contributed by atoms with Crippen molar-refractivity contribution in [1.82, 2.24) is 9.62 Å². The molecule has 0 bridgehead atoms. The van der Waals surface area contributed by atoms with E-state index >= 15 is 0 Å². The van der Waals surface area contributed by atoms with E-state index < -0.39 is 10.0 Å². The highest BCUT2D eigenvalue weighted by atomic mass is 35.5. The molecule has 0 atom stereocenters. The summed E-state index contributed by atoms with van der Waals surface area (Å²) in [6, 6.07) is 5.37. The van der Waals surface area contributed by atoms with Crippen LogP contribution in [0.1, 0.15) is 25.7 Å². The fraction of sp³-hybridized carbons (Fsp3) is 0.571. The zero-order chi connectivity index (χ0) is 15.0. The highest BCUT2D eigenvalue weighted by molar-refractivity contribution is 7.89. The van der Waals surface area contributed by atoms with Crippen molar-refractivity contribution in [3.63, 3.8) is 0 Å². The Morgan fingerprint density at radius 2 is 1.76 bits per heavy atom. The molecule has 116 valence electrons. The second-order valence-electron chi connectivity index (χ2n) is 5.71. The number of halogens is 2. The van der Waals surface area contributed by atoms with Crippen LogP contribution in [0.2, 0.25) is 10.0 Å². The van der Waals surface area contributed by atoms with Gasteiger partial charge in [0.1, 0.15) is 4.90 Å². The van der Waals surface area contributed by atoms with Crippen molar-refractivity contribution in [1.29, 1.82) is 0 Å². The lowest BCUT2D eigenvalue weighted by atomic mass is 10.1. The molecule has 2 aliphatic rings. The largest absolute Gasteiger partial charge is 0.300 e. The van der Waals surface area contributed by atoms with Crippen molar-refractivity contribution < 1.29 is 8.42 Å². The fourth-order valence-corrected chi connectivity index (χ4v) is 4.86. The minimum absolute atomic E-state index is 0.0277. The topological polar surface area (TPSA) is 49.4 Å². The van der Waals surface area contributed by atoms with Crippen molar-refractivity contribution in [2.45, 2.75) is 42.7 Å². The molecule has 1 aliphatic carbocycles. The van der Waals surface area contributed by atoms with Crippen LogP contribution in [0.25, 0.3) is 0 Å². The predicted octanol–water partition coefficient (Wildman–Crippen LogP) is 2.90. The van der Waals surface area contributed by atoms with Gasteiger partial charge in [0.15, 0.2) is 0 Å². The first-order valence-electron chi connectivity index (χ1n) is 7.18. The summed E-state index contributed by atoms with van der Waals surface area (Å²) in [5.74, 6) is 0. The lowest BCUT2D eigenvalue weighted by Gasteiger charge is -2.32. The smallest absolute Gasteiger partial charge is 0.242 e. The Kier molecular flexibility index (Phi) is 4.48. The number of nitrogens with zero attached hydrogens (tertiary/aromatic N) is 1. The first-order valence-corrected chi connectivity index (χ1v) is 9.41. The van der Waals surface area contributed by atoms with Gasteiger partial charge in [0.05, 0.1) is 10.0 Å². The van der Waals surface area contributed by atoms with E-state index in [2.05, 4.69) is 9.62 Å². The van der Waals surface area contributed by atoms with Crippen LogP contribution in [0.15, 0.2) is 23.1 Å². The van der Waals surface area contributed by atoms with Gasteiger partial charge < -0.3 is 4.90 Å². The SMILES string of the molecule is O=S(=O)(NC1CCN(C2CC2)CC1)c1cccc(Cl)c1Cl. The maximum Gasteiger partial charge on any atom is 0.242 e. The summed E-state index contributed by atoms with van der Waals surface area (Å²) < 4.78 is 27.6. The van der Waals surface area contributed by atoms with Crippen molar-refractivity contribution in [3.05, 3.63) is 28.2 Å². The third kappa shape index (κ3) is 3.54. The molecule has 0 aromatic heterocycles. The molecular formula is C14H18Cl2N2O2S. The highest BCUT2D eigenvalue weighted by Gasteiger charge is 2.33. The van der Waals surface area contributed by atoms with Gasteiger partial charge in [-0.1, -0.05) is 29.3 Å². The van der Waals surface area contributed by atoms with Crippen LogP contribution >= 0.6 is 23.2 Å². The second kappa shape index (κ2) is 6.05. The number of nitrogens with one attached hydrogen (secondary N) is 1. The quantitative estimate of drug-likeness (QED) is 0.909. The molecule has 1 aliphatic heterocycles. The average molecular weight is 349 g/mol. The molecule has 1 aromatic rings. The lowest BCUT2D eigenvalue weighted by molar-refractivity contribution is 0.199. The van der Waals surface area contributed by atoms with E-state index in [1.807, 2.05) is 0 Å². The summed E-state index contributed by atoms with van der Waals surface area (Å²) in [5.41, 5.74) is 0.